The van der Waals surface area contributed by atoms with E-state index in [1.165, 1.54) is 27.1 Å². The fourth-order valence-corrected chi connectivity index (χ4v) is 7.19. The summed E-state index contributed by atoms with van der Waals surface area (Å²) in [5.74, 6) is 1.35. The Labute approximate surface area is 317 Å². The Morgan fingerprint density at radius 3 is 2.12 bits per heavy atom. The Morgan fingerprint density at radius 2 is 1.46 bits per heavy atom. The number of nitrogen functional groups attached to an aromatic ring is 1. The minimum Gasteiger partial charge on any atom is -0.464 e. The van der Waals surface area contributed by atoms with E-state index in [1.54, 1.807) is 47.6 Å². The Hall–Kier alpha value is -5.03. The average molecular weight is 839 g/mol. The molecule has 0 spiro atoms. The van der Waals surface area contributed by atoms with E-state index < -0.39 is 5.97 Å². The maximum atomic E-state index is 13.1. The molecule has 4 bridgehead atoms. The number of fused-ring (bicyclic) bond motifs is 8. The number of rotatable bonds is 3. The van der Waals surface area contributed by atoms with Crippen LogP contribution in [-0.2, 0) is 9.47 Å². The van der Waals surface area contributed by atoms with Crippen LogP contribution in [0.4, 0.5) is 39.4 Å². The highest BCUT2D eigenvalue weighted by atomic mass is 79.9. The summed E-state index contributed by atoms with van der Waals surface area (Å²) in [5.41, 5.74) is 7.79. The fourth-order valence-electron chi connectivity index (χ4n) is 6.51. The molecule has 4 aliphatic heterocycles. The van der Waals surface area contributed by atoms with E-state index in [0.29, 0.717) is 29.2 Å². The molecule has 8 heterocycles. The highest BCUT2D eigenvalue weighted by Gasteiger charge is 2.39. The molecule has 4 aromatic rings. The molecule has 2 fully saturated rings. The van der Waals surface area contributed by atoms with Crippen molar-refractivity contribution in [3.8, 4) is 0 Å². The van der Waals surface area contributed by atoms with E-state index in [9.17, 15) is 14.4 Å². The number of esters is 2. The van der Waals surface area contributed by atoms with Crippen molar-refractivity contribution in [1.82, 2.24) is 19.9 Å². The van der Waals surface area contributed by atoms with Gasteiger partial charge in [0.15, 0.2) is 23.0 Å². The zero-order chi connectivity index (χ0) is 36.8. The normalized spacial score (nSPS) is 17.7. The number of anilines is 6. The summed E-state index contributed by atoms with van der Waals surface area (Å²) >= 11 is 6.62. The standard InChI is InChI=1S/C18H18BrN5O3.C12H15N3O2.C5H5BrN2/c1-27-17(25)13-4-5-14-16(21-13)24(12-3-2-8-23(14)10-12)18(26)22-15-9-11(19)6-7-20-15;1-17-12(16)9-4-5-10-11(14-9)13-8-3-2-6-15(10)7-8;6-4-1-2-8-5(7)3-4/h4-7,9,12H,2-3,8,10H2,1H3,(H,20,22,26);4-5,8H,2-3,6-7H2,1H3,(H,13,14);1-3H,(H2,7,8)/t12-;8-;/m00./s1. The minimum atomic E-state index is -0.530. The maximum Gasteiger partial charge on any atom is 0.356 e. The number of nitrogens with two attached hydrogens (primary N) is 1. The van der Waals surface area contributed by atoms with E-state index >= 15 is 0 Å². The van der Waals surface area contributed by atoms with Crippen molar-refractivity contribution < 1.29 is 23.9 Å². The third-order valence-electron chi connectivity index (χ3n) is 8.87. The van der Waals surface area contributed by atoms with Crippen molar-refractivity contribution in [2.75, 3.05) is 71.5 Å². The SMILES string of the molecule is COC(=O)c1ccc2c(n1)N(C(=O)Nc1cc(Br)ccn1)[C@H]1CCCN2C1.COC(=O)c1ccc2c(n1)N[C@H]1CCCN2C1.Nc1cc(Br)ccn1. The van der Waals surface area contributed by atoms with Crippen molar-refractivity contribution in [2.24, 2.45) is 0 Å². The number of carbonyl (C=O) groups excluding carboxylic acids is 3. The lowest BCUT2D eigenvalue weighted by molar-refractivity contribution is 0.0585. The monoisotopic (exact) mass is 836 g/mol. The molecule has 272 valence electrons. The molecule has 0 aromatic carbocycles. The van der Waals surface area contributed by atoms with E-state index in [-0.39, 0.29) is 23.7 Å². The molecule has 2 atom stereocenters. The van der Waals surface area contributed by atoms with Gasteiger partial charge < -0.3 is 30.3 Å². The first-order chi connectivity index (χ1) is 25.1. The maximum absolute atomic E-state index is 13.1. The topological polar surface area (TPSA) is 181 Å². The van der Waals surface area contributed by atoms with Crippen molar-refractivity contribution >= 4 is 84.5 Å². The first kappa shape index (κ1) is 36.8. The molecule has 2 amide bonds. The number of nitrogens with zero attached hydrogens (tertiary/aromatic N) is 7. The number of methoxy groups -OCH3 is 2. The van der Waals surface area contributed by atoms with Crippen molar-refractivity contribution in [3.63, 3.8) is 0 Å². The molecule has 52 heavy (non-hydrogen) atoms. The number of hydrogen-bond donors (Lipinski definition) is 3. The minimum absolute atomic E-state index is 0.0150. The lowest BCUT2D eigenvalue weighted by Crippen LogP contribution is -2.56. The van der Waals surface area contributed by atoms with Gasteiger partial charge in [0.1, 0.15) is 11.6 Å². The van der Waals surface area contributed by atoms with E-state index in [4.69, 9.17) is 10.5 Å². The zero-order valence-corrected chi connectivity index (χ0v) is 31.8. The summed E-state index contributed by atoms with van der Waals surface area (Å²) in [6.07, 6.45) is 7.50. The molecular weight excluding hydrogens is 800 g/mol. The van der Waals surface area contributed by atoms with Gasteiger partial charge >= 0.3 is 18.0 Å². The molecule has 0 radical (unpaired) electrons. The summed E-state index contributed by atoms with van der Waals surface area (Å²) in [6.45, 7) is 3.76. The van der Waals surface area contributed by atoms with E-state index in [1.807, 2.05) is 18.2 Å². The number of urea groups is 1. The largest absolute Gasteiger partial charge is 0.464 e. The Kier molecular flexibility index (Phi) is 11.7. The Morgan fingerprint density at radius 1 is 0.827 bits per heavy atom. The summed E-state index contributed by atoms with van der Waals surface area (Å²) in [5, 5.41) is 6.22. The Bertz CT molecular complexity index is 1930. The van der Waals surface area contributed by atoms with Crippen LogP contribution in [0.3, 0.4) is 0 Å². The number of nitrogens with one attached hydrogen (secondary N) is 2. The number of ether oxygens (including phenoxy) is 2. The van der Waals surface area contributed by atoms with E-state index in [0.717, 1.165) is 65.2 Å². The fraction of sp³-hybridized carbons (Fsp3) is 0.343. The number of hydrogen-bond acceptors (Lipinski definition) is 13. The molecular formula is C35H38Br2N10O5. The molecule has 15 nitrogen and oxygen atoms in total. The van der Waals surface area contributed by atoms with Gasteiger partial charge in [0, 0.05) is 53.6 Å². The van der Waals surface area contributed by atoms with Crippen LogP contribution < -0.4 is 31.1 Å². The number of carbonyl (C=O) groups is 3. The van der Waals surface area contributed by atoms with Gasteiger partial charge in [0.2, 0.25) is 0 Å². The van der Waals surface area contributed by atoms with Crippen LogP contribution in [0.25, 0.3) is 0 Å². The third-order valence-corrected chi connectivity index (χ3v) is 9.86. The predicted molar refractivity (Wildman–Crippen MR) is 205 cm³/mol. The molecule has 4 aromatic heterocycles. The molecule has 0 unspecified atom stereocenters. The number of halogens is 2. The highest BCUT2D eigenvalue weighted by Crippen LogP contribution is 2.38. The second kappa shape index (κ2) is 16.5. The molecule has 0 saturated carbocycles. The number of piperidine rings is 2. The summed E-state index contributed by atoms with van der Waals surface area (Å²) in [4.78, 5) is 59.3. The van der Waals surface area contributed by atoms with Crippen LogP contribution in [0.15, 0.2) is 69.9 Å². The van der Waals surface area contributed by atoms with Gasteiger partial charge in [-0.1, -0.05) is 31.9 Å². The molecule has 4 N–H and O–H groups in total. The number of amides is 2. The second-order valence-corrected chi connectivity index (χ2v) is 14.1. The van der Waals surface area contributed by atoms with Crippen LogP contribution >= 0.6 is 31.9 Å². The number of aromatic nitrogens is 4. The van der Waals surface area contributed by atoms with Gasteiger partial charge in [-0.2, -0.15) is 0 Å². The van der Waals surface area contributed by atoms with Crippen molar-refractivity contribution in [2.45, 2.75) is 37.8 Å². The highest BCUT2D eigenvalue weighted by molar-refractivity contribution is 9.10. The van der Waals surface area contributed by atoms with Crippen LogP contribution in [0, 0.1) is 0 Å². The first-order valence-corrected chi connectivity index (χ1v) is 18.3. The van der Waals surface area contributed by atoms with Gasteiger partial charge in [-0.15, -0.1) is 0 Å². The van der Waals surface area contributed by atoms with Crippen LogP contribution in [0.2, 0.25) is 0 Å². The van der Waals surface area contributed by atoms with Crippen molar-refractivity contribution in [3.05, 3.63) is 81.3 Å². The van der Waals surface area contributed by atoms with Crippen LogP contribution in [-0.4, -0.2) is 90.4 Å². The lowest BCUT2D eigenvalue weighted by Gasteiger charge is -2.45. The Balaban J connectivity index is 0.000000157. The second-order valence-electron chi connectivity index (χ2n) is 12.3. The number of pyridine rings is 4. The van der Waals surface area contributed by atoms with Crippen molar-refractivity contribution in [1.29, 1.82) is 0 Å². The van der Waals surface area contributed by atoms with Crippen LogP contribution in [0.1, 0.15) is 46.7 Å². The summed E-state index contributed by atoms with van der Waals surface area (Å²) in [7, 11) is 2.68. The average Bonchev–Trinajstić information content (AvgIpc) is 3.14. The van der Waals surface area contributed by atoms with Gasteiger partial charge in [-0.05, 0) is 74.2 Å². The van der Waals surface area contributed by atoms with E-state index in [2.05, 4.69) is 77.0 Å². The van der Waals surface area contributed by atoms with Gasteiger partial charge in [-0.25, -0.2) is 34.3 Å². The smallest absolute Gasteiger partial charge is 0.356 e. The first-order valence-electron chi connectivity index (χ1n) is 16.7. The summed E-state index contributed by atoms with van der Waals surface area (Å²) < 4.78 is 11.2. The lowest BCUT2D eigenvalue weighted by atomic mass is 10.00. The quantitative estimate of drug-likeness (QED) is 0.213. The van der Waals surface area contributed by atoms with Gasteiger partial charge in [-0.3, -0.25) is 10.2 Å². The molecule has 0 aliphatic carbocycles. The third kappa shape index (κ3) is 8.53. The molecule has 2 saturated heterocycles. The van der Waals surface area contributed by atoms with Gasteiger partial charge in [0.25, 0.3) is 0 Å². The van der Waals surface area contributed by atoms with Crippen LogP contribution in [0.5, 0.6) is 0 Å². The molecule has 17 heteroatoms. The zero-order valence-electron chi connectivity index (χ0n) is 28.6. The predicted octanol–water partition coefficient (Wildman–Crippen LogP) is 5.74. The summed E-state index contributed by atoms with van der Waals surface area (Å²) in [6, 6.07) is 14.3. The molecule has 4 aliphatic rings. The molecule has 8 rings (SSSR count). The van der Waals surface area contributed by atoms with Gasteiger partial charge in [0.05, 0.1) is 31.6 Å².